The average Bonchev–Trinajstić information content (AvgIpc) is 2.83. The van der Waals surface area contributed by atoms with Gasteiger partial charge in [-0.1, -0.05) is 46.8 Å². The quantitative estimate of drug-likeness (QED) is 0.514. The molecule has 212 valence electrons. The second-order valence-corrected chi connectivity index (χ2v) is 12.4. The van der Waals surface area contributed by atoms with Gasteiger partial charge in [-0.3, -0.25) is 9.59 Å². The number of benzene rings is 1. The van der Waals surface area contributed by atoms with Gasteiger partial charge >= 0.3 is 11.9 Å². The Kier molecular flexibility index (Phi) is 8.75. The van der Waals surface area contributed by atoms with Gasteiger partial charge in [-0.05, 0) is 55.2 Å². The van der Waals surface area contributed by atoms with E-state index in [0.717, 1.165) is 31.2 Å². The van der Waals surface area contributed by atoms with E-state index in [1.807, 2.05) is 12.1 Å². The number of cyclic esters (lactones) is 1. The third kappa shape index (κ3) is 6.18. The van der Waals surface area contributed by atoms with E-state index in [0.29, 0.717) is 6.42 Å². The molecule has 8 nitrogen and oxygen atoms in total. The molecule has 3 aliphatic heterocycles. The summed E-state index contributed by atoms with van der Waals surface area (Å²) >= 11 is 0. The van der Waals surface area contributed by atoms with Gasteiger partial charge < -0.3 is 29.2 Å². The van der Waals surface area contributed by atoms with Crippen LogP contribution in [0.25, 0.3) is 0 Å². The Balaban J connectivity index is 1.59. The number of aliphatic hydroxyl groups excluding tert-OH is 1. The van der Waals surface area contributed by atoms with Crippen molar-refractivity contribution in [2.45, 2.75) is 110 Å². The maximum Gasteiger partial charge on any atom is 0.309 e. The Morgan fingerprint density at radius 2 is 1.76 bits per heavy atom. The van der Waals surface area contributed by atoms with E-state index in [-0.39, 0.29) is 47.9 Å². The predicted molar refractivity (Wildman–Crippen MR) is 140 cm³/mol. The van der Waals surface area contributed by atoms with Gasteiger partial charge in [0.05, 0.1) is 31.7 Å². The number of ether oxygens (including phenoxy) is 4. The molecule has 0 aliphatic carbocycles. The molecule has 8 heteroatoms. The van der Waals surface area contributed by atoms with Crippen LogP contribution in [0.15, 0.2) is 24.3 Å². The number of carbonyl (C=O) groups is 2. The second kappa shape index (κ2) is 11.5. The molecular weight excluding hydrogens is 488 g/mol. The SMILES string of the molecule is C[C@@H]1[C@@H]([C@@H](C)CCCc2cccc(O)c2)O[C@@]23C[C@@H]1OC(=O)C[C@H](CO)OC(=O)C[C@H](O2)[C@H](C)CC3(C)C. The summed E-state index contributed by atoms with van der Waals surface area (Å²) in [7, 11) is 0. The molecule has 0 radical (unpaired) electrons. The lowest BCUT2D eigenvalue weighted by Gasteiger charge is -2.59. The molecule has 1 aromatic rings. The minimum Gasteiger partial charge on any atom is -0.508 e. The highest BCUT2D eigenvalue weighted by molar-refractivity contribution is 5.73. The number of fused-ring (bicyclic) bond motifs is 2. The van der Waals surface area contributed by atoms with Crippen molar-refractivity contribution in [2.24, 2.45) is 23.2 Å². The monoisotopic (exact) mass is 532 g/mol. The molecule has 8 atom stereocenters. The molecule has 0 amide bonds. The van der Waals surface area contributed by atoms with Gasteiger partial charge in [0.2, 0.25) is 0 Å². The van der Waals surface area contributed by atoms with Gasteiger partial charge in [-0.15, -0.1) is 0 Å². The number of aromatic hydroxyl groups is 1. The first-order valence-corrected chi connectivity index (χ1v) is 14.1. The van der Waals surface area contributed by atoms with Crippen molar-refractivity contribution < 1.29 is 38.7 Å². The van der Waals surface area contributed by atoms with Gasteiger partial charge in [-0.2, -0.15) is 0 Å². The molecule has 3 saturated heterocycles. The zero-order chi connectivity index (χ0) is 27.7. The van der Waals surface area contributed by atoms with E-state index >= 15 is 0 Å². The number of hydrogen-bond acceptors (Lipinski definition) is 8. The van der Waals surface area contributed by atoms with Crippen molar-refractivity contribution in [3.8, 4) is 5.75 Å². The highest BCUT2D eigenvalue weighted by Crippen LogP contribution is 2.55. The molecule has 0 unspecified atom stereocenters. The van der Waals surface area contributed by atoms with Crippen molar-refractivity contribution in [2.75, 3.05) is 6.61 Å². The van der Waals surface area contributed by atoms with E-state index in [9.17, 15) is 19.8 Å². The lowest BCUT2D eigenvalue weighted by molar-refractivity contribution is -0.393. The van der Waals surface area contributed by atoms with Crippen LogP contribution in [0, 0.1) is 23.2 Å². The van der Waals surface area contributed by atoms with Crippen LogP contribution < -0.4 is 0 Å². The first kappa shape index (κ1) is 28.8. The van der Waals surface area contributed by atoms with Crippen LogP contribution >= 0.6 is 0 Å². The lowest BCUT2D eigenvalue weighted by atomic mass is 9.67. The largest absolute Gasteiger partial charge is 0.508 e. The van der Waals surface area contributed by atoms with Gasteiger partial charge in [0.25, 0.3) is 0 Å². The molecule has 4 rings (SSSR count). The summed E-state index contributed by atoms with van der Waals surface area (Å²) in [6, 6.07) is 7.34. The molecule has 3 heterocycles. The molecule has 3 bridgehead atoms. The third-order valence-electron chi connectivity index (χ3n) is 8.88. The van der Waals surface area contributed by atoms with Crippen LogP contribution in [-0.4, -0.2) is 59.0 Å². The third-order valence-corrected chi connectivity index (χ3v) is 8.88. The van der Waals surface area contributed by atoms with Crippen molar-refractivity contribution in [1.82, 2.24) is 0 Å². The molecule has 38 heavy (non-hydrogen) atoms. The summed E-state index contributed by atoms with van der Waals surface area (Å²) < 4.78 is 25.1. The minimum atomic E-state index is -1.01. The molecule has 0 saturated carbocycles. The molecule has 0 aromatic heterocycles. The zero-order valence-electron chi connectivity index (χ0n) is 23.4. The Labute approximate surface area is 226 Å². The smallest absolute Gasteiger partial charge is 0.309 e. The van der Waals surface area contributed by atoms with E-state index in [4.69, 9.17) is 18.9 Å². The number of esters is 2. The topological polar surface area (TPSA) is 112 Å². The molecule has 3 fully saturated rings. The average molecular weight is 533 g/mol. The zero-order valence-corrected chi connectivity index (χ0v) is 23.4. The maximum atomic E-state index is 12.9. The number of carbonyl (C=O) groups excluding carboxylic acids is 2. The fraction of sp³-hybridized carbons (Fsp3) is 0.733. The lowest BCUT2D eigenvalue weighted by Crippen LogP contribution is -2.65. The number of phenols is 1. The number of aliphatic hydroxyl groups is 1. The first-order chi connectivity index (χ1) is 17.9. The summed E-state index contributed by atoms with van der Waals surface area (Å²) in [5.74, 6) is -1.56. The van der Waals surface area contributed by atoms with Crippen molar-refractivity contribution >= 4 is 11.9 Å². The Morgan fingerprint density at radius 1 is 1.03 bits per heavy atom. The Morgan fingerprint density at radius 3 is 2.47 bits per heavy atom. The standard InChI is InChI=1S/C30H44O8/c1-18(8-6-9-21-10-7-11-22(32)12-21)28-20(3)25-16-30(38-28)29(4,5)15-19(2)24(37-30)14-27(34)35-23(17-31)13-26(33)36-25/h7,10-12,18-20,23-25,28,31-32H,6,8-9,13-17H2,1-5H3/t18-,19+,20-,23+,24-,25-,28+,30+/m0/s1. The number of phenolic OH excluding ortho intramolecular Hbond substituents is 1. The maximum absolute atomic E-state index is 12.9. The fourth-order valence-electron chi connectivity index (χ4n) is 6.64. The number of hydrogen-bond donors (Lipinski definition) is 2. The molecule has 1 aromatic carbocycles. The molecular formula is C30H44O8. The van der Waals surface area contributed by atoms with Crippen LogP contribution in [0.1, 0.15) is 78.7 Å². The minimum absolute atomic E-state index is 0.0399. The van der Waals surface area contributed by atoms with Crippen LogP contribution in [-0.2, 0) is 35.0 Å². The molecule has 2 N–H and O–H groups in total. The van der Waals surface area contributed by atoms with Crippen LogP contribution in [0.2, 0.25) is 0 Å². The summed E-state index contributed by atoms with van der Waals surface area (Å²) in [5.41, 5.74) is 0.709. The van der Waals surface area contributed by atoms with Crippen LogP contribution in [0.3, 0.4) is 0 Å². The van der Waals surface area contributed by atoms with Crippen molar-refractivity contribution in [3.63, 3.8) is 0 Å². The van der Waals surface area contributed by atoms with Crippen LogP contribution in [0.4, 0.5) is 0 Å². The Hall–Kier alpha value is -2.16. The van der Waals surface area contributed by atoms with Gasteiger partial charge in [0.1, 0.15) is 18.0 Å². The van der Waals surface area contributed by atoms with Crippen molar-refractivity contribution in [1.29, 1.82) is 0 Å². The van der Waals surface area contributed by atoms with E-state index in [1.165, 1.54) is 0 Å². The number of aryl methyl sites for hydroxylation is 1. The highest BCUT2D eigenvalue weighted by Gasteiger charge is 2.60. The van der Waals surface area contributed by atoms with Crippen LogP contribution in [0.5, 0.6) is 5.75 Å². The highest BCUT2D eigenvalue weighted by atomic mass is 16.7. The fourth-order valence-corrected chi connectivity index (χ4v) is 6.64. The van der Waals surface area contributed by atoms with Gasteiger partial charge in [0, 0.05) is 17.8 Å². The normalized spacial score (nSPS) is 36.3. The molecule has 3 aliphatic rings. The van der Waals surface area contributed by atoms with Gasteiger partial charge in [-0.25, -0.2) is 0 Å². The second-order valence-electron chi connectivity index (χ2n) is 12.4. The van der Waals surface area contributed by atoms with E-state index in [2.05, 4.69) is 34.6 Å². The summed E-state index contributed by atoms with van der Waals surface area (Å²) in [6.45, 7) is 10.1. The number of rotatable bonds is 6. The van der Waals surface area contributed by atoms with Crippen molar-refractivity contribution in [3.05, 3.63) is 29.8 Å². The Bertz CT molecular complexity index is 988. The summed E-state index contributed by atoms with van der Waals surface area (Å²) in [6.07, 6.45) is 1.69. The first-order valence-electron chi connectivity index (χ1n) is 14.1. The van der Waals surface area contributed by atoms with E-state index < -0.39 is 42.6 Å². The predicted octanol–water partition coefficient (Wildman–Crippen LogP) is 4.53. The van der Waals surface area contributed by atoms with E-state index in [1.54, 1.807) is 12.1 Å². The van der Waals surface area contributed by atoms with Gasteiger partial charge in [0.15, 0.2) is 5.79 Å². The molecule has 1 spiro atoms. The summed E-state index contributed by atoms with van der Waals surface area (Å²) in [5, 5.41) is 19.5. The summed E-state index contributed by atoms with van der Waals surface area (Å²) in [4.78, 5) is 25.6.